The minimum Gasteiger partial charge on any atom is -0.481 e. The molecule has 1 unspecified atom stereocenters. The van der Waals surface area contributed by atoms with Gasteiger partial charge in [0, 0.05) is 6.92 Å². The topological polar surface area (TPSA) is 63.6 Å². The van der Waals surface area contributed by atoms with Crippen LogP contribution in [0.4, 0.5) is 0 Å². The lowest BCUT2D eigenvalue weighted by Crippen LogP contribution is -2.20. The van der Waals surface area contributed by atoms with E-state index in [-0.39, 0.29) is 6.42 Å². The average molecular weight is 343 g/mol. The van der Waals surface area contributed by atoms with Gasteiger partial charge >= 0.3 is 11.9 Å². The Hall–Kier alpha value is -1.06. The fourth-order valence-corrected chi connectivity index (χ4v) is 2.97. The summed E-state index contributed by atoms with van der Waals surface area (Å²) in [5.74, 6) is -0.467. The van der Waals surface area contributed by atoms with Gasteiger partial charge in [-0.2, -0.15) is 0 Å². The maximum Gasteiger partial charge on any atom is 0.307 e. The molecule has 4 heteroatoms. The normalized spacial score (nSPS) is 12.3. The third-order valence-corrected chi connectivity index (χ3v) is 4.29. The number of rotatable bonds is 16. The molecule has 4 nitrogen and oxygen atoms in total. The molecule has 0 rings (SSSR count). The Morgan fingerprint density at radius 1 is 0.792 bits per heavy atom. The van der Waals surface area contributed by atoms with Gasteiger partial charge < -0.3 is 9.84 Å². The predicted molar refractivity (Wildman–Crippen MR) is 98.0 cm³/mol. The van der Waals surface area contributed by atoms with Gasteiger partial charge in [-0.25, -0.2) is 0 Å². The lowest BCUT2D eigenvalue weighted by molar-refractivity contribution is -0.151. The molecule has 24 heavy (non-hydrogen) atoms. The van der Waals surface area contributed by atoms with E-state index in [1.54, 1.807) is 0 Å². The van der Waals surface area contributed by atoms with Crippen LogP contribution < -0.4 is 0 Å². The smallest absolute Gasteiger partial charge is 0.307 e. The fourth-order valence-electron chi connectivity index (χ4n) is 2.97. The highest BCUT2D eigenvalue weighted by atomic mass is 16.5. The maximum atomic E-state index is 11.0. The molecule has 0 fully saturated rings. The molecule has 0 bridgehead atoms. The van der Waals surface area contributed by atoms with Gasteiger partial charge in [0.15, 0.2) is 0 Å². The van der Waals surface area contributed by atoms with Crippen LogP contribution in [-0.2, 0) is 14.3 Å². The number of carboxylic acid groups (broad SMARTS) is 1. The summed E-state index contributed by atoms with van der Waals surface area (Å²) in [5, 5.41) is 8.81. The van der Waals surface area contributed by atoms with Crippen molar-refractivity contribution >= 4 is 11.9 Å². The summed E-state index contributed by atoms with van der Waals surface area (Å²) in [6.07, 6.45) is 14.0. The highest BCUT2D eigenvalue weighted by Crippen LogP contribution is 2.15. The van der Waals surface area contributed by atoms with Crippen LogP contribution in [0.25, 0.3) is 0 Å². The van der Waals surface area contributed by atoms with Crippen molar-refractivity contribution in [2.45, 2.75) is 110 Å². The lowest BCUT2D eigenvalue weighted by atomic mass is 10.0. The van der Waals surface area contributed by atoms with Crippen molar-refractivity contribution in [3.05, 3.63) is 0 Å². The van der Waals surface area contributed by atoms with Crippen LogP contribution in [0.3, 0.4) is 0 Å². The molecule has 0 radical (unpaired) electrons. The minimum absolute atomic E-state index is 0.0869. The summed E-state index contributed by atoms with van der Waals surface area (Å²) in [6, 6.07) is 0. The van der Waals surface area contributed by atoms with Crippen LogP contribution in [0.2, 0.25) is 0 Å². The zero-order valence-electron chi connectivity index (χ0n) is 16.0. The van der Waals surface area contributed by atoms with Gasteiger partial charge in [0.1, 0.15) is 6.10 Å². The number of ether oxygens (including phenoxy) is 1. The number of carboxylic acids is 1. The fraction of sp³-hybridized carbons (Fsp3) is 0.900. The average Bonchev–Trinajstić information content (AvgIpc) is 2.46. The first-order valence-electron chi connectivity index (χ1n) is 9.80. The number of carbonyl (C=O) groups excluding carboxylic acids is 1. The van der Waals surface area contributed by atoms with Crippen molar-refractivity contribution in [2.75, 3.05) is 0 Å². The molecule has 0 heterocycles. The summed E-state index contributed by atoms with van der Waals surface area (Å²) < 4.78 is 5.05. The summed E-state index contributed by atoms with van der Waals surface area (Å²) >= 11 is 0. The summed E-state index contributed by atoms with van der Waals surface area (Å²) in [5.41, 5.74) is 0. The Balaban J connectivity index is 3.42. The molecule has 0 spiro atoms. The molecule has 0 aromatic heterocycles. The molecule has 0 saturated carbocycles. The molecule has 0 saturated heterocycles. The first kappa shape index (κ1) is 22.9. The van der Waals surface area contributed by atoms with Crippen molar-refractivity contribution in [1.82, 2.24) is 0 Å². The number of carbonyl (C=O) groups is 2. The monoisotopic (exact) mass is 342 g/mol. The van der Waals surface area contributed by atoms with E-state index in [1.165, 1.54) is 64.7 Å². The number of unbranched alkanes of at least 4 members (excludes halogenated alkanes) is 9. The Bertz CT molecular complexity index is 310. The highest BCUT2D eigenvalue weighted by molar-refractivity contribution is 5.69. The molecule has 0 aliphatic heterocycles. The van der Waals surface area contributed by atoms with E-state index in [4.69, 9.17) is 9.84 Å². The largest absolute Gasteiger partial charge is 0.481 e. The van der Waals surface area contributed by atoms with Crippen LogP contribution in [0, 0.1) is 5.92 Å². The standard InChI is InChI=1S/C20H38O4/c1-17(2)14-12-10-8-6-4-5-7-9-11-13-15-19(16-20(22)23)24-18(3)21/h17,19H,4-16H2,1-3H3,(H,22,23). The molecule has 0 aromatic rings. The van der Waals surface area contributed by atoms with E-state index in [0.29, 0.717) is 6.42 Å². The second-order valence-electron chi connectivity index (χ2n) is 7.34. The third kappa shape index (κ3) is 17.3. The van der Waals surface area contributed by atoms with E-state index < -0.39 is 18.0 Å². The van der Waals surface area contributed by atoms with Gasteiger partial charge in [-0.05, 0) is 18.8 Å². The maximum absolute atomic E-state index is 11.0. The molecule has 0 amide bonds. The SMILES string of the molecule is CC(=O)OC(CCCCCCCCCCCCC(C)C)CC(=O)O. The number of hydrogen-bond acceptors (Lipinski definition) is 3. The van der Waals surface area contributed by atoms with Crippen LogP contribution in [0.5, 0.6) is 0 Å². The van der Waals surface area contributed by atoms with Crippen molar-refractivity contribution in [3.8, 4) is 0 Å². The molecular formula is C20H38O4. The summed E-state index contributed by atoms with van der Waals surface area (Å²) in [6.45, 7) is 5.91. The molecule has 0 aliphatic rings. The van der Waals surface area contributed by atoms with E-state index in [0.717, 1.165) is 18.8 Å². The van der Waals surface area contributed by atoms with Gasteiger partial charge in [-0.15, -0.1) is 0 Å². The molecular weight excluding hydrogens is 304 g/mol. The van der Waals surface area contributed by atoms with Gasteiger partial charge in [0.05, 0.1) is 6.42 Å². The Morgan fingerprint density at radius 3 is 1.58 bits per heavy atom. The minimum atomic E-state index is -0.908. The molecule has 1 atom stereocenters. The van der Waals surface area contributed by atoms with Crippen LogP contribution in [-0.4, -0.2) is 23.1 Å². The second kappa shape index (κ2) is 15.5. The second-order valence-corrected chi connectivity index (χ2v) is 7.34. The van der Waals surface area contributed by atoms with Gasteiger partial charge in [-0.1, -0.05) is 78.1 Å². The van der Waals surface area contributed by atoms with Crippen molar-refractivity contribution in [3.63, 3.8) is 0 Å². The number of esters is 1. The van der Waals surface area contributed by atoms with Crippen LogP contribution in [0.1, 0.15) is 104 Å². The van der Waals surface area contributed by atoms with E-state index >= 15 is 0 Å². The van der Waals surface area contributed by atoms with E-state index in [1.807, 2.05) is 0 Å². The molecule has 142 valence electrons. The molecule has 1 N–H and O–H groups in total. The van der Waals surface area contributed by atoms with Gasteiger partial charge in [0.25, 0.3) is 0 Å². The zero-order valence-corrected chi connectivity index (χ0v) is 16.0. The van der Waals surface area contributed by atoms with Gasteiger partial charge in [-0.3, -0.25) is 9.59 Å². The van der Waals surface area contributed by atoms with Gasteiger partial charge in [0.2, 0.25) is 0 Å². The molecule has 0 aliphatic carbocycles. The Morgan fingerprint density at radius 2 is 1.21 bits per heavy atom. The third-order valence-electron chi connectivity index (χ3n) is 4.29. The number of aliphatic carboxylic acids is 1. The zero-order chi connectivity index (χ0) is 18.2. The lowest BCUT2D eigenvalue weighted by Gasteiger charge is -2.14. The van der Waals surface area contributed by atoms with Crippen molar-refractivity contribution in [1.29, 1.82) is 0 Å². The Labute approximate surface area is 148 Å². The van der Waals surface area contributed by atoms with E-state index in [9.17, 15) is 9.59 Å². The summed E-state index contributed by atoms with van der Waals surface area (Å²) in [7, 11) is 0. The van der Waals surface area contributed by atoms with Crippen molar-refractivity contribution < 1.29 is 19.4 Å². The quantitative estimate of drug-likeness (QED) is 0.287. The predicted octanol–water partition coefficient (Wildman–Crippen LogP) is 5.73. The van der Waals surface area contributed by atoms with E-state index in [2.05, 4.69) is 13.8 Å². The van der Waals surface area contributed by atoms with Crippen molar-refractivity contribution in [2.24, 2.45) is 5.92 Å². The Kier molecular flexibility index (Phi) is 14.8. The first-order valence-corrected chi connectivity index (χ1v) is 9.80. The van der Waals surface area contributed by atoms with Crippen LogP contribution in [0.15, 0.2) is 0 Å². The molecule has 0 aromatic carbocycles. The first-order chi connectivity index (χ1) is 11.4. The highest BCUT2D eigenvalue weighted by Gasteiger charge is 2.15. The van der Waals surface area contributed by atoms with Crippen LogP contribution >= 0.6 is 0 Å². The summed E-state index contributed by atoms with van der Waals surface area (Å²) in [4.78, 5) is 21.7. The number of hydrogen-bond donors (Lipinski definition) is 1.